The molecule has 3 nitrogen and oxygen atoms in total. The fourth-order valence-electron chi connectivity index (χ4n) is 6.78. The maximum absolute atomic E-state index is 14.6. The number of hydrogen-bond acceptors (Lipinski definition) is 3. The van der Waals surface area contributed by atoms with E-state index in [-0.39, 0.29) is 42.1 Å². The van der Waals surface area contributed by atoms with Crippen LogP contribution in [-0.2, 0) is 9.84 Å². The van der Waals surface area contributed by atoms with Crippen molar-refractivity contribution in [1.82, 2.24) is 0 Å². The molecule has 4 aliphatic carbocycles. The lowest BCUT2D eigenvalue weighted by atomic mass is 9.65. The summed E-state index contributed by atoms with van der Waals surface area (Å²) in [5.74, 6) is -5.15. The Kier molecular flexibility index (Phi) is 2.36. The quantitative estimate of drug-likeness (QED) is 0.620. The second kappa shape index (κ2) is 3.68. The minimum Gasteiger partial charge on any atom is -0.393 e. The van der Waals surface area contributed by atoms with Gasteiger partial charge in [0, 0.05) is 5.92 Å². The van der Waals surface area contributed by atoms with Crippen molar-refractivity contribution in [3.63, 3.8) is 0 Å². The number of aliphatic hydroxyl groups excluding tert-OH is 1. The Morgan fingerprint density at radius 1 is 1.00 bits per heavy atom. The van der Waals surface area contributed by atoms with Crippen LogP contribution in [0.25, 0.3) is 0 Å². The highest BCUT2D eigenvalue weighted by atomic mass is 32.2. The van der Waals surface area contributed by atoms with E-state index in [4.69, 9.17) is 0 Å². The van der Waals surface area contributed by atoms with Crippen LogP contribution in [-0.4, -0.2) is 36.3 Å². The highest BCUT2D eigenvalue weighted by molar-refractivity contribution is 8.00. The summed E-state index contributed by atoms with van der Waals surface area (Å²) < 4.78 is 66.1. The molecule has 124 valence electrons. The van der Waals surface area contributed by atoms with Crippen LogP contribution in [0.3, 0.4) is 0 Å². The molecule has 5 rings (SSSR count). The summed E-state index contributed by atoms with van der Waals surface area (Å²) >= 11 is 0. The summed E-state index contributed by atoms with van der Waals surface area (Å²) in [5, 5.41) is 6.72. The molecule has 4 bridgehead atoms. The van der Waals surface area contributed by atoms with Crippen LogP contribution in [0.5, 0.6) is 0 Å². The van der Waals surface area contributed by atoms with Gasteiger partial charge in [0.2, 0.25) is 0 Å². The number of aliphatic hydroxyl groups is 1. The van der Waals surface area contributed by atoms with E-state index in [9.17, 15) is 26.7 Å². The van der Waals surface area contributed by atoms with Gasteiger partial charge < -0.3 is 5.11 Å². The van der Waals surface area contributed by atoms with Gasteiger partial charge in [0.05, 0.1) is 6.10 Å². The van der Waals surface area contributed by atoms with Gasteiger partial charge in [-0.3, -0.25) is 0 Å². The summed E-state index contributed by atoms with van der Waals surface area (Å²) in [6, 6.07) is 0. The van der Waals surface area contributed by atoms with Gasteiger partial charge >= 0.3 is 0 Å². The van der Waals surface area contributed by atoms with Crippen molar-refractivity contribution < 1.29 is 26.7 Å². The van der Waals surface area contributed by atoms with E-state index in [0.29, 0.717) is 18.8 Å². The molecule has 9 atom stereocenters. The smallest absolute Gasteiger partial charge is 0.299 e. The molecule has 4 saturated carbocycles. The van der Waals surface area contributed by atoms with Crippen molar-refractivity contribution in [2.75, 3.05) is 5.75 Å². The fourth-order valence-corrected chi connectivity index (χ4v) is 8.25. The van der Waals surface area contributed by atoms with Gasteiger partial charge in [-0.05, 0) is 61.2 Å². The Bertz CT molecular complexity index is 650. The number of hydrogen-bond donors (Lipinski definition) is 1. The number of alkyl halides is 3. The van der Waals surface area contributed by atoms with Gasteiger partial charge in [-0.1, -0.05) is 0 Å². The van der Waals surface area contributed by atoms with Crippen LogP contribution >= 0.6 is 0 Å². The molecule has 0 aromatic heterocycles. The number of fused-ring (bicyclic) bond motifs is 9. The van der Waals surface area contributed by atoms with Gasteiger partial charge in [0.15, 0.2) is 9.84 Å². The molecule has 7 heteroatoms. The van der Waals surface area contributed by atoms with E-state index in [1.807, 2.05) is 0 Å². The normalized spacial score (nSPS) is 60.7. The van der Waals surface area contributed by atoms with E-state index >= 15 is 0 Å². The average Bonchev–Trinajstić information content (AvgIpc) is 2.96. The Morgan fingerprint density at radius 3 is 2.18 bits per heavy atom. The first-order chi connectivity index (χ1) is 10.2. The zero-order valence-corrected chi connectivity index (χ0v) is 12.8. The van der Waals surface area contributed by atoms with Crippen molar-refractivity contribution in [3.8, 4) is 0 Å². The van der Waals surface area contributed by atoms with Gasteiger partial charge in [0.25, 0.3) is 10.9 Å². The zero-order chi connectivity index (χ0) is 15.7. The predicted molar refractivity (Wildman–Crippen MR) is 71.5 cm³/mol. The van der Waals surface area contributed by atoms with Gasteiger partial charge in [-0.15, -0.1) is 0 Å². The van der Waals surface area contributed by atoms with E-state index in [2.05, 4.69) is 0 Å². The molecular formula is C15H19F3O3S. The minimum absolute atomic E-state index is 0.112. The van der Waals surface area contributed by atoms with Gasteiger partial charge in [-0.2, -0.15) is 0 Å². The largest absolute Gasteiger partial charge is 0.393 e. The first-order valence-corrected chi connectivity index (χ1v) is 9.80. The first-order valence-electron chi connectivity index (χ1n) is 8.14. The van der Waals surface area contributed by atoms with E-state index in [0.717, 1.165) is 6.42 Å². The van der Waals surface area contributed by atoms with Crippen LogP contribution in [0, 0.1) is 41.4 Å². The average molecular weight is 336 g/mol. The van der Waals surface area contributed by atoms with Crippen molar-refractivity contribution in [1.29, 1.82) is 0 Å². The summed E-state index contributed by atoms with van der Waals surface area (Å²) in [5.41, 5.74) is 0. The summed E-state index contributed by atoms with van der Waals surface area (Å²) in [6.07, 6.45) is 2.15. The number of halogens is 3. The Labute approximate surface area is 127 Å². The SMILES string of the molecule is O=S1(=O)CC1(F)C(F)(F)C1CC2CC1C1C3CC(O)C(C3)C21. The monoisotopic (exact) mass is 336 g/mol. The molecule has 0 radical (unpaired) electrons. The van der Waals surface area contributed by atoms with Crippen molar-refractivity contribution >= 4 is 9.84 Å². The molecule has 0 aromatic rings. The van der Waals surface area contributed by atoms with Gasteiger partial charge in [0.1, 0.15) is 5.75 Å². The summed E-state index contributed by atoms with van der Waals surface area (Å²) in [7, 11) is -4.27. The number of rotatable bonds is 2. The lowest BCUT2D eigenvalue weighted by molar-refractivity contribution is -0.147. The maximum atomic E-state index is 14.6. The molecule has 1 N–H and O–H groups in total. The molecule has 0 amide bonds. The third-order valence-corrected chi connectivity index (χ3v) is 9.36. The van der Waals surface area contributed by atoms with Crippen LogP contribution in [0.4, 0.5) is 13.2 Å². The summed E-state index contributed by atoms with van der Waals surface area (Å²) in [4.78, 5) is 0. The van der Waals surface area contributed by atoms with E-state index in [1.54, 1.807) is 0 Å². The second-order valence-electron chi connectivity index (χ2n) is 8.23. The molecule has 22 heavy (non-hydrogen) atoms. The summed E-state index contributed by atoms with van der Waals surface area (Å²) in [6.45, 7) is 0. The van der Waals surface area contributed by atoms with E-state index < -0.39 is 32.4 Å². The molecule has 0 spiro atoms. The highest BCUT2D eigenvalue weighted by Crippen LogP contribution is 2.72. The topological polar surface area (TPSA) is 54.4 Å². The molecular weight excluding hydrogens is 317 g/mol. The lowest BCUT2D eigenvalue weighted by Crippen LogP contribution is -2.48. The van der Waals surface area contributed by atoms with Crippen molar-refractivity contribution in [2.45, 2.75) is 42.7 Å². The Balaban J connectivity index is 1.47. The molecule has 9 unspecified atom stereocenters. The third-order valence-electron chi connectivity index (χ3n) is 7.53. The molecule has 1 aliphatic heterocycles. The zero-order valence-electron chi connectivity index (χ0n) is 12.0. The predicted octanol–water partition coefficient (Wildman–Crippen LogP) is 2.00. The van der Waals surface area contributed by atoms with Crippen LogP contribution in [0.15, 0.2) is 0 Å². The lowest BCUT2D eigenvalue weighted by Gasteiger charge is -2.42. The third kappa shape index (κ3) is 1.34. The molecule has 1 saturated heterocycles. The number of sulfone groups is 1. The standard InChI is InChI=1S/C15H19F3O3S/c16-14(5-22(14,20)21)15(17,18)10-3-6-1-8(10)12-7-2-9(13(6)12)11(19)4-7/h6-13,19H,1-5H2. The Morgan fingerprint density at radius 2 is 1.55 bits per heavy atom. The van der Waals surface area contributed by atoms with Crippen molar-refractivity contribution in [2.24, 2.45) is 41.4 Å². The van der Waals surface area contributed by atoms with E-state index in [1.165, 1.54) is 0 Å². The van der Waals surface area contributed by atoms with Crippen molar-refractivity contribution in [3.05, 3.63) is 0 Å². The van der Waals surface area contributed by atoms with Crippen LogP contribution in [0.2, 0.25) is 0 Å². The molecule has 1 heterocycles. The molecule has 5 fully saturated rings. The molecule has 0 aromatic carbocycles. The van der Waals surface area contributed by atoms with Crippen LogP contribution < -0.4 is 0 Å². The first kappa shape index (κ1) is 14.1. The van der Waals surface area contributed by atoms with Crippen LogP contribution in [0.1, 0.15) is 25.7 Å². The molecule has 5 aliphatic rings. The van der Waals surface area contributed by atoms with Gasteiger partial charge in [-0.25, -0.2) is 21.6 Å². The highest BCUT2D eigenvalue weighted by Gasteiger charge is 2.82. The minimum atomic E-state index is -4.27. The fraction of sp³-hybridized carbons (Fsp3) is 1.00. The maximum Gasteiger partial charge on any atom is 0.299 e. The second-order valence-corrected chi connectivity index (χ2v) is 10.4. The Hall–Kier alpha value is -0.300.